The fourth-order valence-electron chi connectivity index (χ4n) is 1.76. The van der Waals surface area contributed by atoms with Crippen molar-refractivity contribution < 1.29 is 8.78 Å². The van der Waals surface area contributed by atoms with Gasteiger partial charge in [-0.05, 0) is 28.8 Å². The van der Waals surface area contributed by atoms with Crippen LogP contribution >= 0.6 is 27.3 Å². The Labute approximate surface area is 92.9 Å². The van der Waals surface area contributed by atoms with Crippen molar-refractivity contribution in [1.29, 1.82) is 0 Å². The van der Waals surface area contributed by atoms with Crippen LogP contribution in [0.2, 0.25) is 0 Å². The minimum atomic E-state index is -2.51. The summed E-state index contributed by atoms with van der Waals surface area (Å²) in [6.45, 7) is 0. The van der Waals surface area contributed by atoms with E-state index in [4.69, 9.17) is 0 Å². The third-order valence-electron chi connectivity index (χ3n) is 2.41. The summed E-state index contributed by atoms with van der Waals surface area (Å²) in [5, 5.41) is 8.41. The van der Waals surface area contributed by atoms with E-state index in [0.717, 1.165) is 11.4 Å². The second-order valence-electron chi connectivity index (χ2n) is 3.54. The van der Waals surface area contributed by atoms with Crippen molar-refractivity contribution in [3.8, 4) is 0 Å². The molecule has 1 aliphatic rings. The third-order valence-corrected chi connectivity index (χ3v) is 3.92. The molecule has 1 atom stereocenters. The Morgan fingerprint density at radius 3 is 2.79 bits per heavy atom. The highest BCUT2D eigenvalue weighted by molar-refractivity contribution is 9.11. The van der Waals surface area contributed by atoms with Crippen molar-refractivity contribution in [2.24, 2.45) is 0 Å². The Morgan fingerprint density at radius 1 is 1.43 bits per heavy atom. The zero-order valence-electron chi connectivity index (χ0n) is 7.34. The van der Waals surface area contributed by atoms with Gasteiger partial charge in [-0.1, -0.05) is 11.3 Å². The van der Waals surface area contributed by atoms with Crippen LogP contribution in [0, 0.1) is 0 Å². The van der Waals surface area contributed by atoms with Crippen LogP contribution in [0.4, 0.5) is 8.78 Å². The maximum atomic E-state index is 13.1. The van der Waals surface area contributed by atoms with Crippen LogP contribution in [-0.2, 0) is 0 Å². The Hall–Kier alpha value is -0.100. The highest BCUT2D eigenvalue weighted by Crippen LogP contribution is 2.42. The van der Waals surface area contributed by atoms with E-state index < -0.39 is 5.92 Å². The molecule has 0 N–H and O–H groups in total. The van der Waals surface area contributed by atoms with Gasteiger partial charge in [-0.15, -0.1) is 10.2 Å². The number of hydrogen-bond donors (Lipinski definition) is 0. The molecule has 78 valence electrons. The molecular formula is C8H9BrF2N2S. The molecule has 6 heteroatoms. The highest BCUT2D eigenvalue weighted by atomic mass is 79.9. The zero-order valence-corrected chi connectivity index (χ0v) is 9.74. The van der Waals surface area contributed by atoms with Gasteiger partial charge < -0.3 is 0 Å². The van der Waals surface area contributed by atoms with Crippen molar-refractivity contribution in [3.63, 3.8) is 0 Å². The third kappa shape index (κ3) is 2.28. The van der Waals surface area contributed by atoms with E-state index in [1.54, 1.807) is 0 Å². The molecule has 2 rings (SSSR count). The van der Waals surface area contributed by atoms with Crippen LogP contribution in [-0.4, -0.2) is 16.1 Å². The molecule has 1 aromatic rings. The number of nitrogens with zero attached hydrogens (tertiary/aromatic N) is 2. The lowest BCUT2D eigenvalue weighted by Gasteiger charge is -2.27. The molecule has 1 saturated carbocycles. The SMILES string of the molecule is FC1(F)CCCC(c2nnc(Br)s2)C1. The van der Waals surface area contributed by atoms with Crippen LogP contribution in [0.15, 0.2) is 3.92 Å². The molecule has 0 bridgehead atoms. The maximum absolute atomic E-state index is 13.1. The van der Waals surface area contributed by atoms with Gasteiger partial charge in [-0.25, -0.2) is 8.78 Å². The summed E-state index contributed by atoms with van der Waals surface area (Å²) >= 11 is 4.54. The predicted octanol–water partition coefficient (Wildman–Crippen LogP) is 3.59. The van der Waals surface area contributed by atoms with Gasteiger partial charge >= 0.3 is 0 Å². The van der Waals surface area contributed by atoms with E-state index in [1.807, 2.05) is 0 Å². The normalized spacial score (nSPS) is 26.4. The van der Waals surface area contributed by atoms with Gasteiger partial charge in [0, 0.05) is 18.8 Å². The lowest BCUT2D eigenvalue weighted by molar-refractivity contribution is -0.0408. The van der Waals surface area contributed by atoms with Gasteiger partial charge in [-0.3, -0.25) is 0 Å². The summed E-state index contributed by atoms with van der Waals surface area (Å²) in [7, 11) is 0. The van der Waals surface area contributed by atoms with Crippen molar-refractivity contribution in [3.05, 3.63) is 8.92 Å². The van der Waals surface area contributed by atoms with Crippen molar-refractivity contribution in [2.75, 3.05) is 0 Å². The molecule has 0 saturated heterocycles. The molecule has 1 aromatic heterocycles. The smallest absolute Gasteiger partial charge is 0.207 e. The Bertz CT molecular complexity index is 329. The maximum Gasteiger partial charge on any atom is 0.248 e. The summed E-state index contributed by atoms with van der Waals surface area (Å²) in [6, 6.07) is 0. The van der Waals surface area contributed by atoms with Gasteiger partial charge in [-0.2, -0.15) is 0 Å². The van der Waals surface area contributed by atoms with E-state index in [-0.39, 0.29) is 18.8 Å². The van der Waals surface area contributed by atoms with E-state index in [9.17, 15) is 8.78 Å². The van der Waals surface area contributed by atoms with Crippen LogP contribution in [0.3, 0.4) is 0 Å². The first kappa shape index (κ1) is 10.4. The molecule has 0 radical (unpaired) electrons. The first-order chi connectivity index (χ1) is 6.57. The van der Waals surface area contributed by atoms with Crippen LogP contribution < -0.4 is 0 Å². The number of hydrogen-bond acceptors (Lipinski definition) is 3. The van der Waals surface area contributed by atoms with Crippen molar-refractivity contribution >= 4 is 27.3 Å². The highest BCUT2D eigenvalue weighted by Gasteiger charge is 2.38. The summed E-state index contributed by atoms with van der Waals surface area (Å²) in [4.78, 5) is 0. The number of aromatic nitrogens is 2. The second-order valence-corrected chi connectivity index (χ2v) is 5.83. The molecule has 0 aliphatic heterocycles. The average molecular weight is 283 g/mol. The standard InChI is InChI=1S/C8H9BrF2N2S/c9-7-13-12-6(14-7)5-2-1-3-8(10,11)4-5/h5H,1-4H2. The summed E-state index contributed by atoms with van der Waals surface area (Å²) < 4.78 is 26.9. The van der Waals surface area contributed by atoms with Gasteiger partial charge in [0.2, 0.25) is 5.92 Å². The number of halogens is 3. The van der Waals surface area contributed by atoms with E-state index in [0.29, 0.717) is 10.3 Å². The van der Waals surface area contributed by atoms with Gasteiger partial charge in [0.1, 0.15) is 5.01 Å². The number of rotatable bonds is 1. The van der Waals surface area contributed by atoms with Gasteiger partial charge in [0.25, 0.3) is 0 Å². The first-order valence-corrected chi connectivity index (χ1v) is 6.04. The molecule has 0 spiro atoms. The summed E-state index contributed by atoms with van der Waals surface area (Å²) in [5.74, 6) is -2.62. The Kier molecular flexibility index (Phi) is 2.83. The lowest BCUT2D eigenvalue weighted by atomic mass is 9.87. The average Bonchev–Trinajstić information content (AvgIpc) is 2.50. The van der Waals surface area contributed by atoms with Gasteiger partial charge in [0.15, 0.2) is 3.92 Å². The van der Waals surface area contributed by atoms with Crippen molar-refractivity contribution in [2.45, 2.75) is 37.5 Å². The number of alkyl halides is 2. The predicted molar refractivity (Wildman–Crippen MR) is 53.8 cm³/mol. The minimum absolute atomic E-state index is 0.0173. The lowest BCUT2D eigenvalue weighted by Crippen LogP contribution is -2.24. The topological polar surface area (TPSA) is 25.8 Å². The molecular weight excluding hydrogens is 274 g/mol. The van der Waals surface area contributed by atoms with Crippen LogP contribution in [0.1, 0.15) is 36.6 Å². The van der Waals surface area contributed by atoms with E-state index in [1.165, 1.54) is 11.3 Å². The van der Waals surface area contributed by atoms with Crippen molar-refractivity contribution in [1.82, 2.24) is 10.2 Å². The molecule has 1 fully saturated rings. The second kappa shape index (κ2) is 3.81. The molecule has 1 heterocycles. The zero-order chi connectivity index (χ0) is 10.2. The molecule has 14 heavy (non-hydrogen) atoms. The van der Waals surface area contributed by atoms with Crippen LogP contribution in [0.25, 0.3) is 0 Å². The summed E-state index contributed by atoms with van der Waals surface area (Å²) in [6.07, 6.45) is 1.32. The molecule has 0 amide bonds. The summed E-state index contributed by atoms with van der Waals surface area (Å²) in [5.41, 5.74) is 0. The largest absolute Gasteiger partial charge is 0.248 e. The quantitative estimate of drug-likeness (QED) is 0.787. The van der Waals surface area contributed by atoms with E-state index >= 15 is 0 Å². The molecule has 2 nitrogen and oxygen atoms in total. The molecule has 0 aromatic carbocycles. The fourth-order valence-corrected chi connectivity index (χ4v) is 3.04. The van der Waals surface area contributed by atoms with Gasteiger partial charge in [0.05, 0.1) is 0 Å². The Balaban J connectivity index is 2.12. The molecule has 1 unspecified atom stereocenters. The Morgan fingerprint density at radius 2 is 2.21 bits per heavy atom. The monoisotopic (exact) mass is 282 g/mol. The fraction of sp³-hybridized carbons (Fsp3) is 0.750. The first-order valence-electron chi connectivity index (χ1n) is 4.43. The van der Waals surface area contributed by atoms with E-state index in [2.05, 4.69) is 26.1 Å². The molecule has 1 aliphatic carbocycles. The van der Waals surface area contributed by atoms with Crippen LogP contribution in [0.5, 0.6) is 0 Å². The minimum Gasteiger partial charge on any atom is -0.207 e.